The van der Waals surface area contributed by atoms with E-state index in [4.69, 9.17) is 0 Å². The average Bonchev–Trinajstić information content (AvgIpc) is 3.53. The lowest BCUT2D eigenvalue weighted by Gasteiger charge is -2.36. The topological polar surface area (TPSA) is 0 Å². The number of hydrogen-bond donors (Lipinski definition) is 0. The molecule has 4 aliphatic rings. The maximum Gasteiger partial charge on any atom is -0.0194 e. The van der Waals surface area contributed by atoms with Gasteiger partial charge in [-0.2, -0.15) is 0 Å². The van der Waals surface area contributed by atoms with E-state index < -0.39 is 0 Å². The summed E-state index contributed by atoms with van der Waals surface area (Å²) < 4.78 is 0. The molecule has 0 aromatic carbocycles. The molecule has 3 saturated carbocycles. The van der Waals surface area contributed by atoms with Crippen molar-refractivity contribution >= 4 is 0 Å². The molecule has 0 N–H and O–H groups in total. The van der Waals surface area contributed by atoms with E-state index in [1.165, 1.54) is 109 Å². The molecular formula is C30H52. The second-order valence-corrected chi connectivity index (χ2v) is 11.9. The van der Waals surface area contributed by atoms with Gasteiger partial charge in [0.05, 0.1) is 0 Å². The highest BCUT2D eigenvalue weighted by molar-refractivity contribution is 5.20. The Hall–Kier alpha value is -0.260. The average molecular weight is 413 g/mol. The van der Waals surface area contributed by atoms with Crippen molar-refractivity contribution in [3.05, 3.63) is 12.2 Å². The van der Waals surface area contributed by atoms with Crippen LogP contribution in [0.15, 0.2) is 12.2 Å². The number of fused-ring (bicyclic) bond motifs is 9. The third-order valence-electron chi connectivity index (χ3n) is 9.84. The lowest BCUT2D eigenvalue weighted by atomic mass is 9.68. The number of rotatable bonds is 17. The van der Waals surface area contributed by atoms with E-state index in [9.17, 15) is 0 Å². The van der Waals surface area contributed by atoms with Crippen molar-refractivity contribution in [3.8, 4) is 0 Å². The van der Waals surface area contributed by atoms with Gasteiger partial charge in [-0.15, -0.1) is 0 Å². The summed E-state index contributed by atoms with van der Waals surface area (Å²) in [6.45, 7) is 2.31. The van der Waals surface area contributed by atoms with Gasteiger partial charge in [-0.1, -0.05) is 128 Å². The van der Waals surface area contributed by atoms with Crippen LogP contribution in [0.1, 0.15) is 135 Å². The minimum absolute atomic E-state index is 1.00. The highest BCUT2D eigenvalue weighted by Gasteiger charge is 2.60. The van der Waals surface area contributed by atoms with Crippen LogP contribution in [0.4, 0.5) is 0 Å². The maximum absolute atomic E-state index is 2.61. The van der Waals surface area contributed by atoms with Crippen molar-refractivity contribution in [2.45, 2.75) is 135 Å². The molecule has 7 atom stereocenters. The molecule has 0 saturated heterocycles. The number of unbranched alkanes of at least 4 members (excludes halogenated alkanes) is 15. The summed E-state index contributed by atoms with van der Waals surface area (Å²) in [7, 11) is 0. The van der Waals surface area contributed by atoms with Gasteiger partial charge in [0.1, 0.15) is 0 Å². The van der Waals surface area contributed by atoms with Crippen molar-refractivity contribution in [1.29, 1.82) is 0 Å². The molecule has 4 bridgehead atoms. The van der Waals surface area contributed by atoms with Gasteiger partial charge < -0.3 is 0 Å². The Labute approximate surface area is 189 Å². The molecule has 0 heterocycles. The first-order valence-corrected chi connectivity index (χ1v) is 14.6. The van der Waals surface area contributed by atoms with Crippen LogP contribution in [-0.2, 0) is 0 Å². The fraction of sp³-hybridized carbons (Fsp3) is 0.933. The van der Waals surface area contributed by atoms with Gasteiger partial charge in [-0.25, -0.2) is 0 Å². The molecule has 30 heavy (non-hydrogen) atoms. The predicted octanol–water partition coefficient (Wildman–Crippen LogP) is 9.73. The maximum atomic E-state index is 2.61. The summed E-state index contributed by atoms with van der Waals surface area (Å²) in [6, 6.07) is 0. The predicted molar refractivity (Wildman–Crippen MR) is 132 cm³/mol. The Kier molecular flexibility index (Phi) is 9.25. The molecule has 0 aromatic heterocycles. The van der Waals surface area contributed by atoms with Gasteiger partial charge in [-0.05, 0) is 60.7 Å². The van der Waals surface area contributed by atoms with Gasteiger partial charge in [0.15, 0.2) is 0 Å². The Bertz CT molecular complexity index is 504. The Balaban J connectivity index is 0.922. The zero-order chi connectivity index (χ0) is 20.6. The number of allylic oxidation sites excluding steroid dienone is 2. The highest BCUT2D eigenvalue weighted by atomic mass is 14.6. The molecule has 172 valence electrons. The first-order chi connectivity index (χ1) is 14.9. The van der Waals surface area contributed by atoms with E-state index in [1.807, 2.05) is 0 Å². The molecule has 0 aromatic rings. The summed E-state index contributed by atoms with van der Waals surface area (Å²) in [5.74, 6) is 7.66. The second kappa shape index (κ2) is 12.1. The van der Waals surface area contributed by atoms with Gasteiger partial charge in [0.2, 0.25) is 0 Å². The third-order valence-corrected chi connectivity index (χ3v) is 9.84. The van der Waals surface area contributed by atoms with E-state index in [0.29, 0.717) is 0 Å². The van der Waals surface area contributed by atoms with Crippen molar-refractivity contribution in [2.75, 3.05) is 0 Å². The summed E-state index contributed by atoms with van der Waals surface area (Å²) in [5.41, 5.74) is 0. The SMILES string of the molecule is CCCCCCCCCCCCCCCCCCC1CC2CC1C1C3C=CC(C3)C21. The van der Waals surface area contributed by atoms with Crippen LogP contribution in [0.5, 0.6) is 0 Å². The minimum Gasteiger partial charge on any atom is -0.0848 e. The second-order valence-electron chi connectivity index (χ2n) is 11.9. The van der Waals surface area contributed by atoms with Crippen molar-refractivity contribution in [2.24, 2.45) is 41.4 Å². The Morgan fingerprint density at radius 1 is 0.533 bits per heavy atom. The molecule has 0 spiro atoms. The molecular weight excluding hydrogens is 360 g/mol. The van der Waals surface area contributed by atoms with Crippen LogP contribution in [0.2, 0.25) is 0 Å². The van der Waals surface area contributed by atoms with E-state index >= 15 is 0 Å². The first kappa shape index (κ1) is 22.9. The molecule has 0 aliphatic heterocycles. The molecule has 0 amide bonds. The lowest BCUT2D eigenvalue weighted by Crippen LogP contribution is -2.30. The lowest BCUT2D eigenvalue weighted by molar-refractivity contribution is 0.142. The molecule has 0 radical (unpaired) electrons. The molecule has 0 nitrogen and oxygen atoms in total. The highest BCUT2D eigenvalue weighted by Crippen LogP contribution is 2.67. The van der Waals surface area contributed by atoms with Crippen LogP contribution in [-0.4, -0.2) is 0 Å². The summed E-state index contributed by atoms with van der Waals surface area (Å²) >= 11 is 0. The molecule has 7 unspecified atom stereocenters. The minimum atomic E-state index is 1.00. The van der Waals surface area contributed by atoms with Crippen molar-refractivity contribution < 1.29 is 0 Å². The van der Waals surface area contributed by atoms with Gasteiger partial charge >= 0.3 is 0 Å². The zero-order valence-electron chi connectivity index (χ0n) is 20.3. The van der Waals surface area contributed by atoms with E-state index in [-0.39, 0.29) is 0 Å². The van der Waals surface area contributed by atoms with Crippen LogP contribution >= 0.6 is 0 Å². The Morgan fingerprint density at radius 2 is 1.03 bits per heavy atom. The summed E-state index contributed by atoms with van der Waals surface area (Å²) in [5, 5.41) is 0. The smallest absolute Gasteiger partial charge is 0.0194 e. The zero-order valence-corrected chi connectivity index (χ0v) is 20.3. The van der Waals surface area contributed by atoms with Crippen LogP contribution < -0.4 is 0 Å². The Morgan fingerprint density at radius 3 is 1.60 bits per heavy atom. The quantitative estimate of drug-likeness (QED) is 0.127. The van der Waals surface area contributed by atoms with Crippen molar-refractivity contribution in [1.82, 2.24) is 0 Å². The molecule has 3 fully saturated rings. The van der Waals surface area contributed by atoms with Crippen LogP contribution in [0.25, 0.3) is 0 Å². The van der Waals surface area contributed by atoms with Gasteiger partial charge in [0, 0.05) is 0 Å². The fourth-order valence-corrected chi connectivity index (χ4v) is 8.44. The summed E-state index contributed by atoms with van der Waals surface area (Å²) in [6.07, 6.45) is 35.4. The monoisotopic (exact) mass is 412 g/mol. The van der Waals surface area contributed by atoms with Gasteiger partial charge in [-0.3, -0.25) is 0 Å². The van der Waals surface area contributed by atoms with Crippen LogP contribution in [0.3, 0.4) is 0 Å². The first-order valence-electron chi connectivity index (χ1n) is 14.6. The van der Waals surface area contributed by atoms with E-state index in [2.05, 4.69) is 19.1 Å². The van der Waals surface area contributed by atoms with E-state index in [1.54, 1.807) is 19.3 Å². The largest absolute Gasteiger partial charge is 0.0848 e. The fourth-order valence-electron chi connectivity index (χ4n) is 8.44. The van der Waals surface area contributed by atoms with E-state index in [0.717, 1.165) is 41.4 Å². The molecule has 4 rings (SSSR count). The number of hydrogen-bond acceptors (Lipinski definition) is 0. The standard InChI is InChI=1S/C30H52/c1-2-3-4-5-6-7-8-9-10-11-12-13-14-15-16-17-18-24-21-27-23-28(24)30-26-20-19-25(22-26)29(27)30/h19-20,24-30H,2-18,21-23H2,1H3. The third kappa shape index (κ3) is 5.75. The van der Waals surface area contributed by atoms with Gasteiger partial charge in [0.25, 0.3) is 0 Å². The van der Waals surface area contributed by atoms with Crippen molar-refractivity contribution in [3.63, 3.8) is 0 Å². The normalized spacial score (nSPS) is 35.6. The summed E-state index contributed by atoms with van der Waals surface area (Å²) in [4.78, 5) is 0. The molecule has 0 heteroatoms. The van der Waals surface area contributed by atoms with Crippen LogP contribution in [0, 0.1) is 41.4 Å². The molecule has 4 aliphatic carbocycles.